The maximum atomic E-state index is 13.0. The highest BCUT2D eigenvalue weighted by atomic mass is 16.5. The molecule has 1 aromatic carbocycles. The van der Waals surface area contributed by atoms with Gasteiger partial charge < -0.3 is 19.9 Å². The molecule has 0 radical (unpaired) electrons. The minimum atomic E-state index is -0.429. The number of urea groups is 1. The highest BCUT2D eigenvalue weighted by Crippen LogP contribution is 2.35. The Kier molecular flexibility index (Phi) is 5.18. The van der Waals surface area contributed by atoms with Gasteiger partial charge in [0.25, 0.3) is 5.91 Å². The fourth-order valence-electron chi connectivity index (χ4n) is 3.30. The molecule has 2 aliphatic heterocycles. The zero-order valence-corrected chi connectivity index (χ0v) is 15.8. The van der Waals surface area contributed by atoms with Crippen LogP contribution in [0.15, 0.2) is 35.5 Å². The van der Waals surface area contributed by atoms with Crippen molar-refractivity contribution in [3.05, 3.63) is 41.1 Å². The predicted molar refractivity (Wildman–Crippen MR) is 98.8 cm³/mol. The van der Waals surface area contributed by atoms with Crippen molar-refractivity contribution in [2.45, 2.75) is 13.0 Å². The molecule has 0 fully saturated rings. The number of carbonyl (C=O) groups excluding carboxylic acids is 2. The van der Waals surface area contributed by atoms with Gasteiger partial charge in [-0.1, -0.05) is 12.1 Å². The molecule has 0 aromatic heterocycles. The van der Waals surface area contributed by atoms with Gasteiger partial charge in [0.2, 0.25) is 0 Å². The van der Waals surface area contributed by atoms with E-state index in [1.807, 2.05) is 55.1 Å². The normalized spacial score (nSPS) is 20.0. The maximum Gasteiger partial charge on any atom is 0.322 e. The molecule has 3 rings (SSSR count). The molecule has 2 aliphatic rings. The van der Waals surface area contributed by atoms with Gasteiger partial charge in [-0.05, 0) is 38.7 Å². The Morgan fingerprint density at radius 1 is 1.23 bits per heavy atom. The summed E-state index contributed by atoms with van der Waals surface area (Å²) in [4.78, 5) is 30.8. The Morgan fingerprint density at radius 2 is 1.92 bits per heavy atom. The highest BCUT2D eigenvalue weighted by molar-refractivity contribution is 6.01. The summed E-state index contributed by atoms with van der Waals surface area (Å²) in [5, 5.41) is 2.95. The van der Waals surface area contributed by atoms with E-state index in [2.05, 4.69) is 5.32 Å². The first-order valence-electron chi connectivity index (χ1n) is 8.86. The van der Waals surface area contributed by atoms with Crippen LogP contribution >= 0.6 is 0 Å². The first-order valence-corrected chi connectivity index (χ1v) is 8.86. The molecule has 0 bridgehead atoms. The highest BCUT2D eigenvalue weighted by Gasteiger charge is 2.42. The van der Waals surface area contributed by atoms with Gasteiger partial charge in [0.15, 0.2) is 0 Å². The quantitative estimate of drug-likeness (QED) is 0.836. The summed E-state index contributed by atoms with van der Waals surface area (Å²) in [5.74, 6) is 0.766. The second-order valence-corrected chi connectivity index (χ2v) is 6.83. The molecule has 0 spiro atoms. The molecular weight excluding hydrogens is 332 g/mol. The third-order valence-corrected chi connectivity index (χ3v) is 4.78. The summed E-state index contributed by atoms with van der Waals surface area (Å²) in [6.07, 6.45) is 0. The van der Waals surface area contributed by atoms with Gasteiger partial charge in [-0.15, -0.1) is 0 Å². The van der Waals surface area contributed by atoms with Crippen LogP contribution in [0.2, 0.25) is 0 Å². The van der Waals surface area contributed by atoms with Crippen molar-refractivity contribution in [1.82, 2.24) is 20.0 Å². The topological polar surface area (TPSA) is 65.1 Å². The van der Waals surface area contributed by atoms with E-state index >= 15 is 0 Å². The van der Waals surface area contributed by atoms with E-state index in [1.165, 1.54) is 0 Å². The van der Waals surface area contributed by atoms with Gasteiger partial charge in [0, 0.05) is 20.1 Å². The number of carbonyl (C=O) groups is 2. The van der Waals surface area contributed by atoms with Crippen molar-refractivity contribution in [2.24, 2.45) is 0 Å². The van der Waals surface area contributed by atoms with Crippen molar-refractivity contribution in [2.75, 3.05) is 47.4 Å². The van der Waals surface area contributed by atoms with Crippen LogP contribution in [-0.2, 0) is 4.79 Å². The Labute approximate surface area is 154 Å². The number of nitrogens with one attached hydrogen (secondary N) is 1. The van der Waals surface area contributed by atoms with Crippen molar-refractivity contribution < 1.29 is 14.3 Å². The predicted octanol–water partition coefficient (Wildman–Crippen LogP) is 1.44. The molecule has 1 N–H and O–H groups in total. The Morgan fingerprint density at radius 3 is 2.54 bits per heavy atom. The fraction of sp³-hybridized carbons (Fsp3) is 0.474. The van der Waals surface area contributed by atoms with E-state index in [9.17, 15) is 9.59 Å². The van der Waals surface area contributed by atoms with Crippen LogP contribution in [0.1, 0.15) is 18.5 Å². The number of hydrogen-bond acceptors (Lipinski definition) is 4. The largest absolute Gasteiger partial charge is 0.494 e. The van der Waals surface area contributed by atoms with Gasteiger partial charge in [-0.3, -0.25) is 9.69 Å². The first-order chi connectivity index (χ1) is 12.4. The summed E-state index contributed by atoms with van der Waals surface area (Å²) in [5.41, 5.74) is 2.33. The molecule has 7 heteroatoms. The molecule has 1 unspecified atom stereocenters. The molecule has 3 amide bonds. The Hall–Kier alpha value is -2.54. The first kappa shape index (κ1) is 18.3. The molecule has 140 valence electrons. The summed E-state index contributed by atoms with van der Waals surface area (Å²) in [6.45, 7) is 4.42. The zero-order valence-electron chi connectivity index (χ0n) is 15.8. The summed E-state index contributed by atoms with van der Waals surface area (Å²) < 4.78 is 5.48. The van der Waals surface area contributed by atoms with Gasteiger partial charge in [0.05, 0.1) is 30.5 Å². The van der Waals surface area contributed by atoms with Crippen LogP contribution < -0.4 is 10.1 Å². The van der Waals surface area contributed by atoms with Crippen molar-refractivity contribution in [3.63, 3.8) is 0 Å². The third-order valence-electron chi connectivity index (χ3n) is 4.78. The standard InChI is InChI=1S/C19H26N4O3/c1-5-26-14-8-6-13(7-9-14)17-16-15(22(4)19(25)20-17)12-23(18(16)24)11-10-21(2)3/h6-9,17H,5,10-12H2,1-4H3,(H,20,25). The van der Waals surface area contributed by atoms with Crippen LogP contribution in [0.3, 0.4) is 0 Å². The lowest BCUT2D eigenvalue weighted by molar-refractivity contribution is -0.125. The second-order valence-electron chi connectivity index (χ2n) is 6.83. The summed E-state index contributed by atoms with van der Waals surface area (Å²) in [6, 6.07) is 6.93. The average Bonchev–Trinajstić information content (AvgIpc) is 2.94. The van der Waals surface area contributed by atoms with Crippen molar-refractivity contribution >= 4 is 11.9 Å². The van der Waals surface area contributed by atoms with E-state index < -0.39 is 6.04 Å². The van der Waals surface area contributed by atoms with E-state index in [4.69, 9.17) is 4.74 Å². The Balaban J connectivity index is 1.88. The average molecular weight is 358 g/mol. The molecular formula is C19H26N4O3. The lowest BCUT2D eigenvalue weighted by Gasteiger charge is -2.31. The van der Waals surface area contributed by atoms with E-state index in [-0.39, 0.29) is 11.9 Å². The van der Waals surface area contributed by atoms with Gasteiger partial charge >= 0.3 is 6.03 Å². The number of rotatable bonds is 6. The summed E-state index contributed by atoms with van der Waals surface area (Å²) >= 11 is 0. The van der Waals surface area contributed by atoms with Crippen LogP contribution in [0, 0.1) is 0 Å². The van der Waals surface area contributed by atoms with Crippen LogP contribution in [0.25, 0.3) is 0 Å². The van der Waals surface area contributed by atoms with Gasteiger partial charge in [-0.25, -0.2) is 4.79 Å². The number of likely N-dealkylation sites (N-methyl/N-ethyl adjacent to an activating group) is 2. The summed E-state index contributed by atoms with van der Waals surface area (Å²) in [7, 11) is 5.67. The van der Waals surface area contributed by atoms with Crippen LogP contribution in [0.5, 0.6) is 5.75 Å². The van der Waals surface area contributed by atoms with Crippen LogP contribution in [-0.4, -0.2) is 74.0 Å². The zero-order chi connectivity index (χ0) is 18.8. The number of benzene rings is 1. The van der Waals surface area contributed by atoms with E-state index in [0.29, 0.717) is 25.3 Å². The molecule has 2 heterocycles. The number of nitrogens with zero attached hydrogens (tertiary/aromatic N) is 3. The minimum Gasteiger partial charge on any atom is -0.494 e. The smallest absolute Gasteiger partial charge is 0.322 e. The molecule has 1 aromatic rings. The fourth-order valence-corrected chi connectivity index (χ4v) is 3.30. The lowest BCUT2D eigenvalue weighted by Crippen LogP contribution is -2.45. The number of ether oxygens (including phenoxy) is 1. The van der Waals surface area contributed by atoms with Gasteiger partial charge in [-0.2, -0.15) is 0 Å². The molecule has 26 heavy (non-hydrogen) atoms. The van der Waals surface area contributed by atoms with E-state index in [0.717, 1.165) is 23.6 Å². The molecule has 7 nitrogen and oxygen atoms in total. The Bertz CT molecular complexity index is 727. The van der Waals surface area contributed by atoms with Gasteiger partial charge in [0.1, 0.15) is 5.75 Å². The van der Waals surface area contributed by atoms with Crippen molar-refractivity contribution in [3.8, 4) is 5.75 Å². The second kappa shape index (κ2) is 7.37. The maximum absolute atomic E-state index is 13.0. The third kappa shape index (κ3) is 3.39. The lowest BCUT2D eigenvalue weighted by atomic mass is 9.95. The van der Waals surface area contributed by atoms with Crippen molar-refractivity contribution in [1.29, 1.82) is 0 Å². The molecule has 0 aliphatic carbocycles. The van der Waals surface area contributed by atoms with Crippen LogP contribution in [0.4, 0.5) is 4.79 Å². The number of amides is 3. The molecule has 0 saturated heterocycles. The molecule has 1 atom stereocenters. The molecule has 0 saturated carbocycles. The monoisotopic (exact) mass is 358 g/mol. The SMILES string of the molecule is CCOc1ccc(C2NC(=O)N(C)C3=C2C(=O)N(CCN(C)C)C3)cc1. The number of hydrogen-bond donors (Lipinski definition) is 1. The minimum absolute atomic E-state index is 0.00687. The van der Waals surface area contributed by atoms with E-state index in [1.54, 1.807) is 11.9 Å².